The minimum Gasteiger partial charge on any atom is -0.477 e. The average Bonchev–Trinajstić information content (AvgIpc) is 3.47. The summed E-state index contributed by atoms with van der Waals surface area (Å²) >= 11 is 3.67. The molecule has 0 bridgehead atoms. The fraction of sp³-hybridized carbons (Fsp3) is 0.353. The molecule has 33 heavy (non-hydrogen) atoms. The average molecular weight is 512 g/mol. The van der Waals surface area contributed by atoms with E-state index in [-0.39, 0.29) is 22.9 Å². The van der Waals surface area contributed by atoms with Crippen molar-refractivity contribution >= 4 is 58.4 Å². The molecule has 0 unspecified atom stereocenters. The SMILES string of the molecule is CO[C@@]1(NC(=O)C(=NO)c2cccs2)C(=O)N2C(C(=O)O)=C(CSc3nnnn3C)CS[C@@H]21. The number of carbonyl (C=O) groups is 3. The van der Waals surface area contributed by atoms with Gasteiger partial charge in [0.2, 0.25) is 5.16 Å². The van der Waals surface area contributed by atoms with Gasteiger partial charge in [-0.05, 0) is 27.4 Å². The third-order valence-electron chi connectivity index (χ3n) is 4.96. The predicted molar refractivity (Wildman–Crippen MR) is 118 cm³/mol. The number of fused-ring (bicyclic) bond motifs is 1. The minimum absolute atomic E-state index is 0.164. The smallest absolute Gasteiger partial charge is 0.352 e. The number of hydrogen-bond acceptors (Lipinski definition) is 12. The zero-order chi connectivity index (χ0) is 23.8. The second kappa shape index (κ2) is 9.12. The first kappa shape index (κ1) is 23.2. The second-order valence-corrected chi connectivity index (χ2v) is 9.75. The summed E-state index contributed by atoms with van der Waals surface area (Å²) in [6.45, 7) is 0. The standard InChI is InChI=1S/C17H17N7O6S3/c1-23-16(19-21-22-23)33-7-8-6-32-15-17(30-2,14(28)24(15)11(8)13(26)27)18-12(25)10(20-29)9-4-3-5-31-9/h3-5,15,29H,6-7H2,1-2H3,(H,18,25)(H,26,27)/t15-,17+/m1/s1. The number of rotatable bonds is 8. The molecule has 2 amide bonds. The van der Waals surface area contributed by atoms with Crippen LogP contribution < -0.4 is 5.32 Å². The van der Waals surface area contributed by atoms with Crippen molar-refractivity contribution in [1.82, 2.24) is 30.4 Å². The number of aromatic nitrogens is 4. The molecule has 2 aromatic heterocycles. The zero-order valence-electron chi connectivity index (χ0n) is 17.2. The molecule has 4 rings (SSSR count). The van der Waals surface area contributed by atoms with E-state index in [1.807, 2.05) is 0 Å². The van der Waals surface area contributed by atoms with Gasteiger partial charge in [-0.1, -0.05) is 23.0 Å². The minimum atomic E-state index is -1.80. The first-order chi connectivity index (χ1) is 15.8. The number of methoxy groups -OCH3 is 1. The van der Waals surface area contributed by atoms with Gasteiger partial charge in [0.1, 0.15) is 11.1 Å². The summed E-state index contributed by atoms with van der Waals surface area (Å²) in [5, 5.41) is 37.2. The third-order valence-corrected chi connectivity index (χ3v) is 8.31. The highest BCUT2D eigenvalue weighted by Gasteiger charge is 2.66. The van der Waals surface area contributed by atoms with E-state index in [9.17, 15) is 24.7 Å². The third kappa shape index (κ3) is 3.88. The Bertz CT molecular complexity index is 1160. The number of carboxylic acids is 1. The van der Waals surface area contributed by atoms with Crippen LogP contribution in [0.4, 0.5) is 0 Å². The number of tetrazole rings is 1. The lowest BCUT2D eigenvalue weighted by Crippen LogP contribution is -2.81. The molecule has 1 saturated heterocycles. The van der Waals surface area contributed by atoms with Gasteiger partial charge in [0.25, 0.3) is 17.5 Å². The number of ether oxygens (including phenoxy) is 1. The molecule has 174 valence electrons. The van der Waals surface area contributed by atoms with Gasteiger partial charge in [-0.25, -0.2) is 9.48 Å². The highest BCUT2D eigenvalue weighted by atomic mass is 32.2. The number of nitrogens with one attached hydrogen (secondary N) is 1. The van der Waals surface area contributed by atoms with E-state index in [0.29, 0.717) is 15.6 Å². The maximum absolute atomic E-state index is 13.2. The number of aliphatic carboxylic acids is 1. The van der Waals surface area contributed by atoms with Crippen molar-refractivity contribution in [3.63, 3.8) is 0 Å². The number of oxime groups is 1. The maximum atomic E-state index is 13.2. The van der Waals surface area contributed by atoms with E-state index in [1.165, 1.54) is 46.7 Å². The van der Waals surface area contributed by atoms with Crippen LogP contribution in [0.3, 0.4) is 0 Å². The number of β-lactam (4-membered cyclic amide) rings is 1. The summed E-state index contributed by atoms with van der Waals surface area (Å²) in [6, 6.07) is 3.27. The summed E-state index contributed by atoms with van der Waals surface area (Å²) in [6.07, 6.45) is 0. The van der Waals surface area contributed by atoms with Crippen LogP contribution in [0.15, 0.2) is 39.1 Å². The van der Waals surface area contributed by atoms with Crippen molar-refractivity contribution < 1.29 is 29.4 Å². The summed E-state index contributed by atoms with van der Waals surface area (Å²) in [5.74, 6) is -2.30. The van der Waals surface area contributed by atoms with Gasteiger partial charge >= 0.3 is 5.97 Å². The Kier molecular flexibility index (Phi) is 6.42. The van der Waals surface area contributed by atoms with E-state index < -0.39 is 28.9 Å². The summed E-state index contributed by atoms with van der Waals surface area (Å²) in [7, 11) is 2.91. The first-order valence-corrected chi connectivity index (χ1v) is 12.1. The molecule has 3 N–H and O–H groups in total. The predicted octanol–water partition coefficient (Wildman–Crippen LogP) is -0.0451. The number of thioether (sulfide) groups is 2. The monoisotopic (exact) mass is 511 g/mol. The zero-order valence-corrected chi connectivity index (χ0v) is 19.6. The van der Waals surface area contributed by atoms with Gasteiger partial charge in [-0.15, -0.1) is 28.2 Å². The number of thiophene rings is 1. The Morgan fingerprint density at radius 2 is 2.27 bits per heavy atom. The van der Waals surface area contributed by atoms with E-state index in [4.69, 9.17) is 4.74 Å². The first-order valence-electron chi connectivity index (χ1n) is 9.23. The van der Waals surface area contributed by atoms with E-state index in [2.05, 4.69) is 26.0 Å². The molecule has 0 aliphatic carbocycles. The quantitative estimate of drug-likeness (QED) is 0.108. The number of carbonyl (C=O) groups excluding carboxylic acids is 2. The van der Waals surface area contributed by atoms with Crippen LogP contribution in [-0.2, 0) is 26.2 Å². The summed E-state index contributed by atoms with van der Waals surface area (Å²) in [4.78, 5) is 39.5. The largest absolute Gasteiger partial charge is 0.477 e. The Morgan fingerprint density at radius 1 is 1.48 bits per heavy atom. The van der Waals surface area contributed by atoms with Gasteiger partial charge < -0.3 is 20.4 Å². The topological polar surface area (TPSA) is 172 Å². The van der Waals surface area contributed by atoms with E-state index in [1.54, 1.807) is 24.6 Å². The van der Waals surface area contributed by atoms with Crippen molar-refractivity contribution in [2.24, 2.45) is 12.2 Å². The molecule has 2 aromatic rings. The van der Waals surface area contributed by atoms with Gasteiger partial charge in [-0.2, -0.15) is 0 Å². The number of aryl methyl sites for hydroxylation is 1. The molecular formula is C17H17N7O6S3. The van der Waals surface area contributed by atoms with E-state index in [0.717, 1.165) is 4.90 Å². The molecule has 16 heteroatoms. The van der Waals surface area contributed by atoms with Gasteiger partial charge in [0, 0.05) is 25.7 Å². The Hall–Kier alpha value is -2.95. The molecule has 0 radical (unpaired) electrons. The van der Waals surface area contributed by atoms with Gasteiger partial charge in [0.05, 0.1) is 4.88 Å². The molecule has 1 fully saturated rings. The van der Waals surface area contributed by atoms with Crippen LogP contribution >= 0.6 is 34.9 Å². The number of nitrogens with zero attached hydrogens (tertiary/aromatic N) is 6. The molecule has 2 aliphatic rings. The number of hydrogen-bond donors (Lipinski definition) is 3. The van der Waals surface area contributed by atoms with Crippen LogP contribution in [0, 0.1) is 0 Å². The molecule has 2 aliphatic heterocycles. The van der Waals surface area contributed by atoms with Crippen LogP contribution in [0.1, 0.15) is 4.88 Å². The van der Waals surface area contributed by atoms with Crippen molar-refractivity contribution in [2.75, 3.05) is 18.6 Å². The van der Waals surface area contributed by atoms with Crippen molar-refractivity contribution in [3.8, 4) is 0 Å². The normalized spacial score (nSPS) is 22.7. The van der Waals surface area contributed by atoms with Gasteiger partial charge in [0.15, 0.2) is 5.71 Å². The number of carboxylic acid groups (broad SMARTS) is 1. The summed E-state index contributed by atoms with van der Waals surface area (Å²) < 4.78 is 6.87. The fourth-order valence-electron chi connectivity index (χ4n) is 3.40. The highest BCUT2D eigenvalue weighted by Crippen LogP contribution is 2.47. The van der Waals surface area contributed by atoms with Crippen molar-refractivity contribution in [2.45, 2.75) is 16.3 Å². The second-order valence-electron chi connectivity index (χ2n) is 6.79. The van der Waals surface area contributed by atoms with Crippen molar-refractivity contribution in [3.05, 3.63) is 33.7 Å². The Balaban J connectivity index is 1.57. The van der Waals surface area contributed by atoms with Crippen LogP contribution in [0.2, 0.25) is 0 Å². The lowest BCUT2D eigenvalue weighted by molar-refractivity contribution is -0.191. The maximum Gasteiger partial charge on any atom is 0.352 e. The highest BCUT2D eigenvalue weighted by molar-refractivity contribution is 8.01. The molecule has 0 spiro atoms. The summed E-state index contributed by atoms with van der Waals surface area (Å²) in [5.41, 5.74) is -1.74. The van der Waals surface area contributed by atoms with Crippen molar-refractivity contribution in [1.29, 1.82) is 0 Å². The molecule has 0 aromatic carbocycles. The van der Waals surface area contributed by atoms with Gasteiger partial charge in [-0.3, -0.25) is 14.5 Å². The molecule has 2 atom stereocenters. The lowest BCUT2D eigenvalue weighted by Gasteiger charge is -2.55. The fourth-order valence-corrected chi connectivity index (χ4v) is 6.53. The molecular weight excluding hydrogens is 494 g/mol. The lowest BCUT2D eigenvalue weighted by atomic mass is 9.98. The Morgan fingerprint density at radius 3 is 2.85 bits per heavy atom. The van der Waals surface area contributed by atoms with Crippen LogP contribution in [0.5, 0.6) is 0 Å². The molecule has 0 saturated carbocycles. The van der Waals surface area contributed by atoms with Crippen LogP contribution in [-0.4, -0.2) is 88.6 Å². The van der Waals surface area contributed by atoms with Crippen LogP contribution in [0.25, 0.3) is 0 Å². The molecule has 4 heterocycles. The number of amides is 2. The Labute approximate surface area is 198 Å². The van der Waals surface area contributed by atoms with E-state index >= 15 is 0 Å². The molecule has 13 nitrogen and oxygen atoms in total.